The van der Waals surface area contributed by atoms with Gasteiger partial charge in [0.05, 0.1) is 12.7 Å². The van der Waals surface area contributed by atoms with Gasteiger partial charge in [0.15, 0.2) is 0 Å². The largest absolute Gasteiger partial charge is 0.459 e. The number of nitrogens with zero attached hydrogens (tertiary/aromatic N) is 2. The Labute approximate surface area is 119 Å². The molecule has 0 amide bonds. The van der Waals surface area contributed by atoms with E-state index < -0.39 is 0 Å². The molecule has 0 aliphatic heterocycles. The van der Waals surface area contributed by atoms with Crippen molar-refractivity contribution in [1.29, 1.82) is 0 Å². The summed E-state index contributed by atoms with van der Waals surface area (Å²) in [6, 6.07) is 4.47. The van der Waals surface area contributed by atoms with Gasteiger partial charge < -0.3 is 9.73 Å². The van der Waals surface area contributed by atoms with Crippen LogP contribution in [0.3, 0.4) is 0 Å². The summed E-state index contributed by atoms with van der Waals surface area (Å²) in [5, 5.41) is 4.29. The van der Waals surface area contributed by atoms with E-state index >= 15 is 0 Å². The zero-order chi connectivity index (χ0) is 14.1. The normalized spacial score (nSPS) is 10.9. The van der Waals surface area contributed by atoms with Gasteiger partial charge in [0, 0.05) is 10.9 Å². The fourth-order valence-corrected chi connectivity index (χ4v) is 2.19. The van der Waals surface area contributed by atoms with Gasteiger partial charge in [-0.2, -0.15) is 0 Å². The van der Waals surface area contributed by atoms with Crippen molar-refractivity contribution in [2.45, 2.75) is 13.5 Å². The zero-order valence-corrected chi connectivity index (χ0v) is 11.4. The number of hydrogen-bond donors (Lipinski definition) is 1. The molecule has 0 saturated heterocycles. The van der Waals surface area contributed by atoms with Gasteiger partial charge in [0.2, 0.25) is 0 Å². The van der Waals surface area contributed by atoms with E-state index in [9.17, 15) is 4.39 Å². The lowest BCUT2D eigenvalue weighted by Crippen LogP contribution is -2.02. The highest BCUT2D eigenvalue weighted by molar-refractivity contribution is 6.32. The van der Waals surface area contributed by atoms with Crippen LogP contribution in [0.2, 0.25) is 5.02 Å². The van der Waals surface area contributed by atoms with Crippen molar-refractivity contribution in [3.05, 3.63) is 52.9 Å². The number of furan rings is 1. The Morgan fingerprint density at radius 3 is 3.05 bits per heavy atom. The second-order valence-electron chi connectivity index (χ2n) is 4.36. The Hall–Kier alpha value is -2.14. The number of fused-ring (bicyclic) bond motifs is 1. The maximum Gasteiger partial charge on any atom is 0.148 e. The number of hydrogen-bond acceptors (Lipinski definition) is 4. The molecule has 0 radical (unpaired) electrons. The molecule has 20 heavy (non-hydrogen) atoms. The molecule has 0 fully saturated rings. The van der Waals surface area contributed by atoms with Crippen LogP contribution in [0.25, 0.3) is 11.0 Å². The van der Waals surface area contributed by atoms with Crippen molar-refractivity contribution in [3.8, 4) is 0 Å². The van der Waals surface area contributed by atoms with E-state index in [1.54, 1.807) is 6.07 Å². The number of nitrogens with one attached hydrogen (secondary N) is 1. The minimum atomic E-state index is -0.278. The SMILES string of the molecule is Cc1c(CNc2ncncc2Cl)oc2ccc(F)cc12. The van der Waals surface area contributed by atoms with E-state index in [-0.39, 0.29) is 5.82 Å². The molecule has 3 aromatic rings. The third-order valence-corrected chi connectivity index (χ3v) is 3.36. The first-order valence-electron chi connectivity index (χ1n) is 6.02. The molecule has 0 bridgehead atoms. The highest BCUT2D eigenvalue weighted by atomic mass is 35.5. The molecule has 0 aliphatic rings. The van der Waals surface area contributed by atoms with Crippen molar-refractivity contribution in [2.24, 2.45) is 0 Å². The monoisotopic (exact) mass is 291 g/mol. The summed E-state index contributed by atoms with van der Waals surface area (Å²) in [4.78, 5) is 7.85. The molecular weight excluding hydrogens is 281 g/mol. The molecule has 0 saturated carbocycles. The van der Waals surface area contributed by atoms with Gasteiger partial charge in [-0.25, -0.2) is 14.4 Å². The average Bonchev–Trinajstić information content (AvgIpc) is 2.75. The highest BCUT2D eigenvalue weighted by Gasteiger charge is 2.11. The first-order chi connectivity index (χ1) is 9.65. The van der Waals surface area contributed by atoms with Gasteiger partial charge in [0.1, 0.15) is 34.3 Å². The third kappa shape index (κ3) is 2.32. The maximum absolute atomic E-state index is 13.2. The van der Waals surface area contributed by atoms with Gasteiger partial charge in [-0.1, -0.05) is 11.6 Å². The fourth-order valence-electron chi connectivity index (χ4n) is 2.02. The van der Waals surface area contributed by atoms with Crippen molar-refractivity contribution < 1.29 is 8.81 Å². The van der Waals surface area contributed by atoms with Crippen LogP contribution in [0.5, 0.6) is 0 Å². The Balaban J connectivity index is 1.88. The van der Waals surface area contributed by atoms with Crippen LogP contribution in [0, 0.1) is 12.7 Å². The second kappa shape index (κ2) is 5.09. The Morgan fingerprint density at radius 1 is 1.40 bits per heavy atom. The molecule has 0 unspecified atom stereocenters. The van der Waals surface area contributed by atoms with Gasteiger partial charge in [0.25, 0.3) is 0 Å². The van der Waals surface area contributed by atoms with Gasteiger partial charge in [-0.15, -0.1) is 0 Å². The molecule has 2 heterocycles. The minimum Gasteiger partial charge on any atom is -0.459 e. The van der Waals surface area contributed by atoms with Gasteiger partial charge in [-0.05, 0) is 25.1 Å². The maximum atomic E-state index is 13.2. The van der Waals surface area contributed by atoms with Crippen LogP contribution in [0.15, 0.2) is 35.1 Å². The number of aromatic nitrogens is 2. The molecule has 0 atom stereocenters. The molecule has 4 nitrogen and oxygen atoms in total. The number of aryl methyl sites for hydroxylation is 1. The van der Waals surface area contributed by atoms with Crippen LogP contribution in [-0.4, -0.2) is 9.97 Å². The van der Waals surface area contributed by atoms with E-state index in [0.29, 0.717) is 23.0 Å². The first-order valence-corrected chi connectivity index (χ1v) is 6.40. The number of benzene rings is 1. The van der Waals surface area contributed by atoms with Crippen LogP contribution in [0.4, 0.5) is 10.2 Å². The zero-order valence-electron chi connectivity index (χ0n) is 10.7. The standard InChI is InChI=1S/C14H11ClFN3O/c1-8-10-4-9(16)2-3-12(10)20-13(8)6-18-14-11(15)5-17-7-19-14/h2-5,7H,6H2,1H3,(H,17,18,19). The fraction of sp³-hybridized carbons (Fsp3) is 0.143. The minimum absolute atomic E-state index is 0.278. The van der Waals surface area contributed by atoms with Gasteiger partial charge >= 0.3 is 0 Å². The Morgan fingerprint density at radius 2 is 2.25 bits per heavy atom. The topological polar surface area (TPSA) is 51.0 Å². The second-order valence-corrected chi connectivity index (χ2v) is 4.77. The molecule has 2 aromatic heterocycles. The van der Waals surface area contributed by atoms with Crippen LogP contribution >= 0.6 is 11.6 Å². The summed E-state index contributed by atoms with van der Waals surface area (Å²) in [6.45, 7) is 2.31. The summed E-state index contributed by atoms with van der Waals surface area (Å²) in [6.07, 6.45) is 2.92. The summed E-state index contributed by atoms with van der Waals surface area (Å²) in [5.41, 5.74) is 1.56. The van der Waals surface area contributed by atoms with Crippen molar-refractivity contribution in [3.63, 3.8) is 0 Å². The van der Waals surface area contributed by atoms with Gasteiger partial charge in [-0.3, -0.25) is 0 Å². The molecular formula is C14H11ClFN3O. The lowest BCUT2D eigenvalue weighted by atomic mass is 10.1. The summed E-state index contributed by atoms with van der Waals surface area (Å²) in [7, 11) is 0. The molecule has 0 spiro atoms. The van der Waals surface area contributed by atoms with Crippen LogP contribution in [-0.2, 0) is 6.54 Å². The van der Waals surface area contributed by atoms with E-state index in [2.05, 4.69) is 15.3 Å². The van der Waals surface area contributed by atoms with Crippen molar-refractivity contribution in [1.82, 2.24) is 9.97 Å². The number of halogens is 2. The average molecular weight is 292 g/mol. The van der Waals surface area contributed by atoms with Crippen molar-refractivity contribution in [2.75, 3.05) is 5.32 Å². The lowest BCUT2D eigenvalue weighted by molar-refractivity contribution is 0.554. The van der Waals surface area contributed by atoms with Crippen LogP contribution in [0.1, 0.15) is 11.3 Å². The number of anilines is 1. The van der Waals surface area contributed by atoms with E-state index in [0.717, 1.165) is 16.7 Å². The van der Waals surface area contributed by atoms with E-state index in [1.807, 2.05) is 6.92 Å². The molecule has 6 heteroatoms. The summed E-state index contributed by atoms with van der Waals surface area (Å²) >= 11 is 5.96. The lowest BCUT2D eigenvalue weighted by Gasteiger charge is -2.05. The molecule has 0 aliphatic carbocycles. The number of rotatable bonds is 3. The Kier molecular flexibility index (Phi) is 3.28. The summed E-state index contributed by atoms with van der Waals surface area (Å²) < 4.78 is 18.9. The molecule has 102 valence electrons. The first kappa shape index (κ1) is 12.9. The smallest absolute Gasteiger partial charge is 0.148 e. The molecule has 1 aromatic carbocycles. The Bertz CT molecular complexity index is 772. The van der Waals surface area contributed by atoms with E-state index in [4.69, 9.17) is 16.0 Å². The highest BCUT2D eigenvalue weighted by Crippen LogP contribution is 2.27. The third-order valence-electron chi connectivity index (χ3n) is 3.08. The predicted octanol–water partition coefficient (Wildman–Crippen LogP) is 3.94. The van der Waals surface area contributed by atoms with Crippen LogP contribution < -0.4 is 5.32 Å². The van der Waals surface area contributed by atoms with Crippen molar-refractivity contribution >= 4 is 28.4 Å². The van der Waals surface area contributed by atoms with E-state index in [1.165, 1.54) is 24.7 Å². The predicted molar refractivity (Wildman–Crippen MR) is 75.3 cm³/mol. The quantitative estimate of drug-likeness (QED) is 0.794. The summed E-state index contributed by atoms with van der Waals surface area (Å²) in [5.74, 6) is 0.979. The molecule has 3 rings (SSSR count). The molecule has 1 N–H and O–H groups in total.